The number of carbonyl (C=O) groups is 1. The van der Waals surface area contributed by atoms with E-state index in [1.165, 1.54) is 30.6 Å². The molecular weight excluding hydrogens is 268 g/mol. The summed E-state index contributed by atoms with van der Waals surface area (Å²) < 4.78 is 0. The lowest BCUT2D eigenvalue weighted by atomic mass is 9.92. The summed E-state index contributed by atoms with van der Waals surface area (Å²) in [5.41, 5.74) is 0. The molecule has 2 unspecified atom stereocenters. The molecule has 0 aromatic carbocycles. The maximum atomic E-state index is 12.3. The van der Waals surface area contributed by atoms with Crippen LogP contribution in [0.25, 0.3) is 0 Å². The Balaban J connectivity index is 1.87. The van der Waals surface area contributed by atoms with E-state index in [9.17, 15) is 4.79 Å². The van der Waals surface area contributed by atoms with Crippen molar-refractivity contribution in [3.05, 3.63) is 22.4 Å². The number of hydrogen-bond donors (Lipinski definition) is 1. The predicted molar refractivity (Wildman–Crippen MR) is 84.9 cm³/mol. The first-order chi connectivity index (χ1) is 9.59. The average molecular weight is 294 g/mol. The fourth-order valence-corrected chi connectivity index (χ4v) is 3.97. The van der Waals surface area contributed by atoms with Crippen molar-refractivity contribution in [1.29, 1.82) is 0 Å². The third-order valence-electron chi connectivity index (χ3n) is 4.49. The molecule has 0 saturated heterocycles. The second-order valence-corrected chi connectivity index (χ2v) is 7.05. The number of thiophene rings is 1. The highest BCUT2D eigenvalue weighted by molar-refractivity contribution is 7.10. The first-order valence-corrected chi connectivity index (χ1v) is 8.45. The molecule has 2 atom stereocenters. The monoisotopic (exact) mass is 294 g/mol. The van der Waals surface area contributed by atoms with Crippen LogP contribution >= 0.6 is 11.3 Å². The van der Waals surface area contributed by atoms with Gasteiger partial charge in [0.05, 0.1) is 6.04 Å². The van der Waals surface area contributed by atoms with Gasteiger partial charge in [0, 0.05) is 17.3 Å². The van der Waals surface area contributed by atoms with E-state index in [0.29, 0.717) is 12.5 Å². The van der Waals surface area contributed by atoms with Gasteiger partial charge in [0.1, 0.15) is 0 Å². The Labute approximate surface area is 126 Å². The fraction of sp³-hybridized carbons (Fsp3) is 0.688. The number of amides is 1. The van der Waals surface area contributed by atoms with Crippen molar-refractivity contribution in [3.63, 3.8) is 0 Å². The standard InChI is InChI=1S/C16H26N2OS/c1-12(13-7-4-5-8-13)16(19)17-11-14(18(2)3)15-9-6-10-20-15/h6,9-10,12-14H,4-5,7-8,11H2,1-3H3,(H,17,19). The number of likely N-dealkylation sites (N-methyl/N-ethyl adjacent to an activating group) is 1. The van der Waals surface area contributed by atoms with Gasteiger partial charge in [0.2, 0.25) is 5.91 Å². The van der Waals surface area contributed by atoms with Crippen LogP contribution in [0.4, 0.5) is 0 Å². The zero-order valence-electron chi connectivity index (χ0n) is 12.8. The van der Waals surface area contributed by atoms with Crippen LogP contribution in [0.5, 0.6) is 0 Å². The summed E-state index contributed by atoms with van der Waals surface area (Å²) in [4.78, 5) is 15.8. The van der Waals surface area contributed by atoms with E-state index in [2.05, 4.69) is 48.7 Å². The second-order valence-electron chi connectivity index (χ2n) is 6.07. The van der Waals surface area contributed by atoms with E-state index in [-0.39, 0.29) is 17.9 Å². The lowest BCUT2D eigenvalue weighted by Crippen LogP contribution is -2.38. The van der Waals surface area contributed by atoms with E-state index in [4.69, 9.17) is 0 Å². The first-order valence-electron chi connectivity index (χ1n) is 7.57. The topological polar surface area (TPSA) is 32.3 Å². The normalized spacial score (nSPS) is 19.2. The zero-order chi connectivity index (χ0) is 14.5. The Kier molecular flexibility index (Phi) is 5.61. The predicted octanol–water partition coefficient (Wildman–Crippen LogP) is 3.29. The van der Waals surface area contributed by atoms with Gasteiger partial charge in [-0.05, 0) is 44.3 Å². The van der Waals surface area contributed by atoms with Gasteiger partial charge in [0.25, 0.3) is 0 Å². The van der Waals surface area contributed by atoms with Crippen molar-refractivity contribution < 1.29 is 4.79 Å². The molecule has 3 nitrogen and oxygen atoms in total. The largest absolute Gasteiger partial charge is 0.354 e. The van der Waals surface area contributed by atoms with Crippen LogP contribution in [0.15, 0.2) is 17.5 Å². The summed E-state index contributed by atoms with van der Waals surface area (Å²) in [5, 5.41) is 5.25. The van der Waals surface area contributed by atoms with Gasteiger partial charge < -0.3 is 10.2 Å². The Bertz CT molecular complexity index is 410. The van der Waals surface area contributed by atoms with Crippen LogP contribution in [0.1, 0.15) is 43.5 Å². The molecule has 1 amide bonds. The number of hydrogen-bond acceptors (Lipinski definition) is 3. The molecule has 1 heterocycles. The maximum Gasteiger partial charge on any atom is 0.223 e. The van der Waals surface area contributed by atoms with Gasteiger partial charge in [-0.1, -0.05) is 25.8 Å². The molecule has 0 bridgehead atoms. The highest BCUT2D eigenvalue weighted by Crippen LogP contribution is 2.31. The Hall–Kier alpha value is -0.870. The lowest BCUT2D eigenvalue weighted by molar-refractivity contribution is -0.126. The van der Waals surface area contributed by atoms with E-state index in [1.54, 1.807) is 11.3 Å². The van der Waals surface area contributed by atoms with Gasteiger partial charge >= 0.3 is 0 Å². The van der Waals surface area contributed by atoms with Gasteiger partial charge in [-0.15, -0.1) is 11.3 Å². The highest BCUT2D eigenvalue weighted by atomic mass is 32.1. The lowest BCUT2D eigenvalue weighted by Gasteiger charge is -2.25. The summed E-state index contributed by atoms with van der Waals surface area (Å²) in [7, 11) is 4.13. The molecule has 0 spiro atoms. The average Bonchev–Trinajstić information content (AvgIpc) is 3.10. The summed E-state index contributed by atoms with van der Waals surface area (Å²) >= 11 is 1.75. The Morgan fingerprint density at radius 2 is 2.15 bits per heavy atom. The van der Waals surface area contributed by atoms with E-state index in [0.717, 1.165) is 0 Å². The van der Waals surface area contributed by atoms with Gasteiger partial charge in [-0.25, -0.2) is 0 Å². The van der Waals surface area contributed by atoms with E-state index in [1.807, 2.05) is 0 Å². The second kappa shape index (κ2) is 7.23. The van der Waals surface area contributed by atoms with E-state index >= 15 is 0 Å². The molecule has 4 heteroatoms. The van der Waals surface area contributed by atoms with Gasteiger partial charge in [0.15, 0.2) is 0 Å². The van der Waals surface area contributed by atoms with Crippen molar-refractivity contribution in [2.45, 2.75) is 38.6 Å². The minimum Gasteiger partial charge on any atom is -0.354 e. The summed E-state index contributed by atoms with van der Waals surface area (Å²) in [6.45, 7) is 2.78. The van der Waals surface area contributed by atoms with Crippen LogP contribution in [-0.2, 0) is 4.79 Å². The molecule has 20 heavy (non-hydrogen) atoms. The van der Waals surface area contributed by atoms with Crippen molar-refractivity contribution in [2.75, 3.05) is 20.6 Å². The maximum absolute atomic E-state index is 12.3. The van der Waals surface area contributed by atoms with Gasteiger partial charge in [-0.3, -0.25) is 4.79 Å². The van der Waals surface area contributed by atoms with Crippen LogP contribution in [0.2, 0.25) is 0 Å². The molecule has 1 aliphatic rings. The number of rotatable bonds is 6. The molecule has 1 saturated carbocycles. The molecule has 1 fully saturated rings. The minimum atomic E-state index is 0.156. The smallest absolute Gasteiger partial charge is 0.223 e. The first kappa shape index (κ1) is 15.5. The highest BCUT2D eigenvalue weighted by Gasteiger charge is 2.27. The zero-order valence-corrected chi connectivity index (χ0v) is 13.6. The van der Waals surface area contributed by atoms with Gasteiger partial charge in [-0.2, -0.15) is 0 Å². The molecule has 1 aromatic rings. The third kappa shape index (κ3) is 3.83. The molecule has 112 valence electrons. The van der Waals surface area contributed by atoms with Crippen LogP contribution in [0, 0.1) is 11.8 Å². The molecule has 1 aromatic heterocycles. The molecule has 1 N–H and O–H groups in total. The number of carbonyl (C=O) groups excluding carboxylic acids is 1. The summed E-state index contributed by atoms with van der Waals surface area (Å²) in [6.07, 6.45) is 5.02. The number of nitrogens with zero attached hydrogens (tertiary/aromatic N) is 1. The minimum absolute atomic E-state index is 0.156. The van der Waals surface area contributed by atoms with Crippen LogP contribution < -0.4 is 5.32 Å². The molecule has 0 radical (unpaired) electrons. The van der Waals surface area contributed by atoms with Crippen molar-refractivity contribution in [3.8, 4) is 0 Å². The van der Waals surface area contributed by atoms with E-state index < -0.39 is 0 Å². The van der Waals surface area contributed by atoms with Crippen LogP contribution in [-0.4, -0.2) is 31.4 Å². The van der Waals surface area contributed by atoms with Crippen molar-refractivity contribution in [2.24, 2.45) is 11.8 Å². The number of nitrogens with one attached hydrogen (secondary N) is 1. The summed E-state index contributed by atoms with van der Waals surface area (Å²) in [6, 6.07) is 4.48. The molecule has 0 aliphatic heterocycles. The fourth-order valence-electron chi connectivity index (χ4n) is 3.05. The molecule has 2 rings (SSSR count). The van der Waals surface area contributed by atoms with Crippen molar-refractivity contribution >= 4 is 17.2 Å². The van der Waals surface area contributed by atoms with Crippen LogP contribution in [0.3, 0.4) is 0 Å². The Morgan fingerprint density at radius 3 is 2.70 bits per heavy atom. The summed E-state index contributed by atoms with van der Waals surface area (Å²) in [5.74, 6) is 0.971. The quantitative estimate of drug-likeness (QED) is 0.873. The third-order valence-corrected chi connectivity index (χ3v) is 5.46. The Morgan fingerprint density at radius 1 is 1.45 bits per heavy atom. The van der Waals surface area contributed by atoms with Crippen molar-refractivity contribution in [1.82, 2.24) is 10.2 Å². The molecule has 1 aliphatic carbocycles. The molecular formula is C16H26N2OS. The SMILES string of the molecule is CC(C(=O)NCC(c1cccs1)N(C)C)C1CCCC1.